The van der Waals surface area contributed by atoms with Gasteiger partial charge in [0, 0.05) is 12.1 Å². The van der Waals surface area contributed by atoms with Crippen molar-refractivity contribution in [1.82, 2.24) is 5.32 Å². The molecule has 110 valence electrons. The molecule has 4 heteroatoms. The molecule has 0 aliphatic heterocycles. The molecule has 0 radical (unpaired) electrons. The van der Waals surface area contributed by atoms with Crippen LogP contribution < -0.4 is 5.32 Å². The number of carbonyl (C=O) groups is 1. The fraction of sp³-hybridized carbons (Fsp3) is 0.235. The molecular weight excluding hydrogens is 266 g/mol. The van der Waals surface area contributed by atoms with Crippen LogP contribution in [-0.2, 0) is 16.1 Å². The SMILES string of the molecule is COC(=O)C(NCc1cccc(C)c1O)c1ccccc1. The van der Waals surface area contributed by atoms with Crippen molar-refractivity contribution in [2.24, 2.45) is 0 Å². The summed E-state index contributed by atoms with van der Waals surface area (Å²) in [7, 11) is 1.37. The molecular formula is C17H19NO3. The summed E-state index contributed by atoms with van der Waals surface area (Å²) in [6.07, 6.45) is 0. The van der Waals surface area contributed by atoms with Crippen LogP contribution >= 0.6 is 0 Å². The first kappa shape index (κ1) is 15.1. The third kappa shape index (κ3) is 3.61. The Kier molecular flexibility index (Phi) is 4.95. The minimum absolute atomic E-state index is 0.252. The van der Waals surface area contributed by atoms with Gasteiger partial charge in [0.05, 0.1) is 7.11 Å². The number of esters is 1. The van der Waals surface area contributed by atoms with Gasteiger partial charge in [-0.25, -0.2) is 4.79 Å². The van der Waals surface area contributed by atoms with Gasteiger partial charge in [0.2, 0.25) is 0 Å². The number of carbonyl (C=O) groups excluding carboxylic acids is 1. The summed E-state index contributed by atoms with van der Waals surface area (Å²) in [6, 6.07) is 14.4. The first-order valence-corrected chi connectivity index (χ1v) is 6.77. The number of aryl methyl sites for hydroxylation is 1. The zero-order chi connectivity index (χ0) is 15.2. The van der Waals surface area contributed by atoms with Crippen LogP contribution in [0, 0.1) is 6.92 Å². The number of methoxy groups -OCH3 is 1. The Labute approximate surface area is 124 Å². The lowest BCUT2D eigenvalue weighted by molar-refractivity contribution is -0.143. The Morgan fingerprint density at radius 3 is 2.57 bits per heavy atom. The molecule has 0 saturated carbocycles. The van der Waals surface area contributed by atoms with E-state index in [9.17, 15) is 9.90 Å². The molecule has 0 aliphatic rings. The van der Waals surface area contributed by atoms with Crippen molar-refractivity contribution in [3.05, 3.63) is 65.2 Å². The van der Waals surface area contributed by atoms with Crippen LogP contribution in [0.4, 0.5) is 0 Å². The molecule has 2 aromatic rings. The maximum Gasteiger partial charge on any atom is 0.327 e. The van der Waals surface area contributed by atoms with Crippen LogP contribution in [0.3, 0.4) is 0 Å². The highest BCUT2D eigenvalue weighted by Gasteiger charge is 2.20. The molecule has 1 atom stereocenters. The van der Waals surface area contributed by atoms with Gasteiger partial charge >= 0.3 is 5.97 Å². The standard InChI is InChI=1S/C17H19NO3/c1-12-7-6-10-14(16(12)19)11-18-15(17(20)21-2)13-8-4-3-5-9-13/h3-10,15,18-19H,11H2,1-2H3. The maximum absolute atomic E-state index is 11.9. The van der Waals surface area contributed by atoms with Crippen molar-refractivity contribution in [2.45, 2.75) is 19.5 Å². The quantitative estimate of drug-likeness (QED) is 0.829. The Balaban J connectivity index is 2.17. The topological polar surface area (TPSA) is 58.6 Å². The largest absolute Gasteiger partial charge is 0.507 e. The van der Waals surface area contributed by atoms with Crippen molar-refractivity contribution >= 4 is 5.97 Å². The van der Waals surface area contributed by atoms with Gasteiger partial charge in [-0.3, -0.25) is 5.32 Å². The predicted octanol–water partition coefficient (Wildman–Crippen LogP) is 2.70. The van der Waals surface area contributed by atoms with E-state index in [0.717, 1.165) is 16.7 Å². The van der Waals surface area contributed by atoms with Gasteiger partial charge in [-0.15, -0.1) is 0 Å². The molecule has 0 amide bonds. The van der Waals surface area contributed by atoms with E-state index in [1.54, 1.807) is 0 Å². The second-order valence-electron chi connectivity index (χ2n) is 4.83. The van der Waals surface area contributed by atoms with Crippen molar-refractivity contribution in [1.29, 1.82) is 0 Å². The average molecular weight is 285 g/mol. The molecule has 0 aromatic heterocycles. The third-order valence-electron chi connectivity index (χ3n) is 3.39. The number of hydrogen-bond acceptors (Lipinski definition) is 4. The lowest BCUT2D eigenvalue weighted by Crippen LogP contribution is -2.29. The van der Waals surface area contributed by atoms with E-state index >= 15 is 0 Å². The molecule has 2 aromatic carbocycles. The summed E-state index contributed by atoms with van der Waals surface area (Å²) in [4.78, 5) is 11.9. The first-order valence-electron chi connectivity index (χ1n) is 6.77. The number of aromatic hydroxyl groups is 1. The van der Waals surface area contributed by atoms with Crippen LogP contribution in [0.1, 0.15) is 22.7 Å². The van der Waals surface area contributed by atoms with Crippen LogP contribution in [-0.4, -0.2) is 18.2 Å². The molecule has 2 rings (SSSR count). The number of benzene rings is 2. The summed E-state index contributed by atoms with van der Waals surface area (Å²) in [5.74, 6) is -0.102. The van der Waals surface area contributed by atoms with Crippen molar-refractivity contribution in [2.75, 3.05) is 7.11 Å². The number of para-hydroxylation sites is 1. The lowest BCUT2D eigenvalue weighted by atomic mass is 10.1. The number of nitrogens with one attached hydrogen (secondary N) is 1. The summed E-state index contributed by atoms with van der Waals surface area (Å²) in [6.45, 7) is 2.22. The van der Waals surface area contributed by atoms with Gasteiger partial charge in [0.15, 0.2) is 0 Å². The Morgan fingerprint density at radius 1 is 1.19 bits per heavy atom. The van der Waals surface area contributed by atoms with Crippen LogP contribution in [0.15, 0.2) is 48.5 Å². The van der Waals surface area contributed by atoms with Crippen LogP contribution in [0.25, 0.3) is 0 Å². The summed E-state index contributed by atoms with van der Waals surface area (Å²) in [5, 5.41) is 13.2. The number of phenolic OH excluding ortho intramolecular Hbond substituents is 1. The molecule has 21 heavy (non-hydrogen) atoms. The van der Waals surface area contributed by atoms with Gasteiger partial charge < -0.3 is 9.84 Å². The van der Waals surface area contributed by atoms with Crippen molar-refractivity contribution < 1.29 is 14.6 Å². The number of rotatable bonds is 5. The molecule has 0 bridgehead atoms. The summed E-state index contributed by atoms with van der Waals surface area (Å²) >= 11 is 0. The normalized spacial score (nSPS) is 11.9. The van der Waals surface area contributed by atoms with Crippen LogP contribution in [0.5, 0.6) is 5.75 Å². The Hall–Kier alpha value is -2.33. The highest BCUT2D eigenvalue weighted by molar-refractivity contribution is 5.77. The summed E-state index contributed by atoms with van der Waals surface area (Å²) < 4.78 is 4.85. The highest BCUT2D eigenvalue weighted by Crippen LogP contribution is 2.22. The second-order valence-corrected chi connectivity index (χ2v) is 4.83. The number of ether oxygens (including phenoxy) is 1. The van der Waals surface area contributed by atoms with E-state index < -0.39 is 6.04 Å². The van der Waals surface area contributed by atoms with Crippen LogP contribution in [0.2, 0.25) is 0 Å². The zero-order valence-electron chi connectivity index (χ0n) is 12.2. The molecule has 0 saturated heterocycles. The van der Waals surface area contributed by atoms with Gasteiger partial charge in [-0.05, 0) is 18.1 Å². The van der Waals surface area contributed by atoms with E-state index in [1.807, 2.05) is 55.5 Å². The number of phenols is 1. The fourth-order valence-electron chi connectivity index (χ4n) is 2.18. The monoisotopic (exact) mass is 285 g/mol. The van der Waals surface area contributed by atoms with E-state index in [0.29, 0.717) is 6.54 Å². The Morgan fingerprint density at radius 2 is 1.90 bits per heavy atom. The lowest BCUT2D eigenvalue weighted by Gasteiger charge is -2.17. The minimum Gasteiger partial charge on any atom is -0.507 e. The van der Waals surface area contributed by atoms with Gasteiger partial charge in [-0.1, -0.05) is 48.5 Å². The molecule has 2 N–H and O–H groups in total. The predicted molar refractivity (Wildman–Crippen MR) is 80.9 cm³/mol. The van der Waals surface area contributed by atoms with E-state index in [1.165, 1.54) is 7.11 Å². The first-order chi connectivity index (χ1) is 10.1. The van der Waals surface area contributed by atoms with E-state index in [4.69, 9.17) is 4.74 Å². The molecule has 1 unspecified atom stereocenters. The van der Waals surface area contributed by atoms with Crippen molar-refractivity contribution in [3.63, 3.8) is 0 Å². The van der Waals surface area contributed by atoms with Crippen molar-refractivity contribution in [3.8, 4) is 5.75 Å². The number of hydrogen-bond donors (Lipinski definition) is 2. The molecule has 0 heterocycles. The maximum atomic E-state index is 11.9. The third-order valence-corrected chi connectivity index (χ3v) is 3.39. The smallest absolute Gasteiger partial charge is 0.327 e. The highest BCUT2D eigenvalue weighted by atomic mass is 16.5. The second kappa shape index (κ2) is 6.90. The summed E-state index contributed by atoms with van der Waals surface area (Å²) in [5.41, 5.74) is 2.39. The average Bonchev–Trinajstić information content (AvgIpc) is 2.52. The van der Waals surface area contributed by atoms with E-state index in [2.05, 4.69) is 5.32 Å². The van der Waals surface area contributed by atoms with E-state index in [-0.39, 0.29) is 11.7 Å². The zero-order valence-corrected chi connectivity index (χ0v) is 12.2. The molecule has 4 nitrogen and oxygen atoms in total. The molecule has 0 aliphatic carbocycles. The minimum atomic E-state index is -0.559. The Bertz CT molecular complexity index is 611. The van der Waals surface area contributed by atoms with Gasteiger partial charge in [-0.2, -0.15) is 0 Å². The fourth-order valence-corrected chi connectivity index (χ4v) is 2.18. The van der Waals surface area contributed by atoms with Gasteiger partial charge in [0.25, 0.3) is 0 Å². The van der Waals surface area contributed by atoms with Gasteiger partial charge in [0.1, 0.15) is 11.8 Å². The molecule has 0 spiro atoms. The molecule has 0 fully saturated rings.